The van der Waals surface area contributed by atoms with Crippen LogP contribution in [-0.2, 0) is 6.54 Å². The predicted octanol–water partition coefficient (Wildman–Crippen LogP) is 3.47. The van der Waals surface area contributed by atoms with Gasteiger partial charge in [0.2, 0.25) is 0 Å². The summed E-state index contributed by atoms with van der Waals surface area (Å²) in [5, 5.41) is 0. The van der Waals surface area contributed by atoms with E-state index in [1.54, 1.807) is 6.08 Å². The van der Waals surface area contributed by atoms with Crippen molar-refractivity contribution in [2.45, 2.75) is 25.3 Å². The van der Waals surface area contributed by atoms with Gasteiger partial charge >= 0.3 is 0 Å². The minimum atomic E-state index is -0.524. The van der Waals surface area contributed by atoms with Crippen LogP contribution in [-0.4, -0.2) is 9.55 Å². The Kier molecular flexibility index (Phi) is 3.04. The van der Waals surface area contributed by atoms with Crippen molar-refractivity contribution < 1.29 is 8.78 Å². The minimum Gasteiger partial charge on any atom is -0.383 e. The summed E-state index contributed by atoms with van der Waals surface area (Å²) < 4.78 is 29.0. The molecule has 1 aliphatic rings. The lowest BCUT2D eigenvalue weighted by Crippen LogP contribution is -2.05. The lowest BCUT2D eigenvalue weighted by Gasteiger charge is -2.06. The molecular formula is C15H15F2N3. The second kappa shape index (κ2) is 4.74. The van der Waals surface area contributed by atoms with Gasteiger partial charge in [-0.3, -0.25) is 0 Å². The molecule has 0 unspecified atom stereocenters. The number of allylic oxidation sites excluding steroid dienone is 1. The van der Waals surface area contributed by atoms with Crippen LogP contribution in [0.25, 0.3) is 11.3 Å². The molecule has 2 aromatic rings. The molecule has 1 fully saturated rings. The number of imidazole rings is 1. The van der Waals surface area contributed by atoms with Gasteiger partial charge in [-0.15, -0.1) is 6.58 Å². The van der Waals surface area contributed by atoms with Crippen LogP contribution in [0.5, 0.6) is 0 Å². The summed E-state index contributed by atoms with van der Waals surface area (Å²) in [4.78, 5) is 4.45. The molecule has 0 spiro atoms. The Morgan fingerprint density at radius 1 is 1.40 bits per heavy atom. The number of aromatic nitrogens is 2. The van der Waals surface area contributed by atoms with E-state index in [-0.39, 0.29) is 5.56 Å². The van der Waals surface area contributed by atoms with Crippen molar-refractivity contribution in [3.8, 4) is 11.3 Å². The van der Waals surface area contributed by atoms with Crippen molar-refractivity contribution in [1.82, 2.24) is 9.55 Å². The Hall–Kier alpha value is -2.17. The third-order valence-corrected chi connectivity index (χ3v) is 3.47. The van der Waals surface area contributed by atoms with Crippen molar-refractivity contribution in [3.63, 3.8) is 0 Å². The summed E-state index contributed by atoms with van der Waals surface area (Å²) in [7, 11) is 0. The first-order valence-corrected chi connectivity index (χ1v) is 6.54. The SMILES string of the molecule is C=CCn1c(C2CC2)nc(-c2cc(F)ccc2F)c1N. The molecule has 3 rings (SSSR count). The van der Waals surface area contributed by atoms with Gasteiger partial charge in [-0.25, -0.2) is 13.8 Å². The quantitative estimate of drug-likeness (QED) is 0.868. The predicted molar refractivity (Wildman–Crippen MR) is 74.2 cm³/mol. The number of rotatable bonds is 4. The lowest BCUT2D eigenvalue weighted by atomic mass is 10.1. The van der Waals surface area contributed by atoms with E-state index < -0.39 is 11.6 Å². The van der Waals surface area contributed by atoms with Gasteiger partial charge in [0.1, 0.15) is 29.0 Å². The number of nitrogens with two attached hydrogens (primary N) is 1. The van der Waals surface area contributed by atoms with Gasteiger partial charge in [0, 0.05) is 18.0 Å². The minimum absolute atomic E-state index is 0.104. The summed E-state index contributed by atoms with van der Waals surface area (Å²) in [5.74, 6) is 0.524. The number of nitrogens with zero attached hydrogens (tertiary/aromatic N) is 2. The molecular weight excluding hydrogens is 260 g/mol. The lowest BCUT2D eigenvalue weighted by molar-refractivity contribution is 0.603. The van der Waals surface area contributed by atoms with E-state index in [0.29, 0.717) is 24.0 Å². The molecule has 104 valence electrons. The van der Waals surface area contributed by atoms with E-state index in [4.69, 9.17) is 5.73 Å². The third-order valence-electron chi connectivity index (χ3n) is 3.47. The number of anilines is 1. The van der Waals surface area contributed by atoms with Crippen molar-refractivity contribution in [1.29, 1.82) is 0 Å². The highest BCUT2D eigenvalue weighted by Crippen LogP contribution is 2.42. The molecule has 0 atom stereocenters. The molecule has 1 aromatic heterocycles. The van der Waals surface area contributed by atoms with Gasteiger partial charge in [-0.05, 0) is 31.0 Å². The van der Waals surface area contributed by atoms with Gasteiger partial charge < -0.3 is 10.3 Å². The Morgan fingerprint density at radius 2 is 2.15 bits per heavy atom. The standard InChI is InChI=1S/C15H15F2N3/c1-2-7-20-14(18)13(19-15(20)9-3-4-9)11-8-10(16)5-6-12(11)17/h2,5-6,8-9H,1,3-4,7,18H2. The summed E-state index contributed by atoms with van der Waals surface area (Å²) in [6.45, 7) is 4.21. The largest absolute Gasteiger partial charge is 0.383 e. The maximum absolute atomic E-state index is 13.9. The van der Waals surface area contributed by atoms with Crippen LogP contribution in [0.4, 0.5) is 14.6 Å². The van der Waals surface area contributed by atoms with Crippen LogP contribution in [0.1, 0.15) is 24.6 Å². The average Bonchev–Trinajstić information content (AvgIpc) is 3.21. The Labute approximate surface area is 115 Å². The highest BCUT2D eigenvalue weighted by molar-refractivity contribution is 5.72. The van der Waals surface area contributed by atoms with E-state index in [2.05, 4.69) is 11.6 Å². The monoisotopic (exact) mass is 275 g/mol. The van der Waals surface area contributed by atoms with Crippen LogP contribution in [0.3, 0.4) is 0 Å². The first-order chi connectivity index (χ1) is 9.61. The summed E-state index contributed by atoms with van der Waals surface area (Å²) in [5.41, 5.74) is 6.49. The third kappa shape index (κ3) is 2.09. The fourth-order valence-electron chi connectivity index (χ4n) is 2.33. The smallest absolute Gasteiger partial charge is 0.132 e. The topological polar surface area (TPSA) is 43.8 Å². The maximum atomic E-state index is 13.9. The molecule has 3 nitrogen and oxygen atoms in total. The van der Waals surface area contributed by atoms with Crippen LogP contribution in [0, 0.1) is 11.6 Å². The zero-order valence-electron chi connectivity index (χ0n) is 10.9. The maximum Gasteiger partial charge on any atom is 0.132 e. The highest BCUT2D eigenvalue weighted by Gasteiger charge is 2.31. The zero-order valence-corrected chi connectivity index (χ0v) is 10.9. The normalized spacial score (nSPS) is 14.5. The van der Waals surface area contributed by atoms with Gasteiger partial charge in [0.15, 0.2) is 0 Å². The molecule has 0 saturated heterocycles. The molecule has 1 heterocycles. The molecule has 0 radical (unpaired) electrons. The number of hydrogen-bond donors (Lipinski definition) is 1. The molecule has 20 heavy (non-hydrogen) atoms. The molecule has 1 aliphatic carbocycles. The van der Waals surface area contributed by atoms with Gasteiger partial charge in [-0.2, -0.15) is 0 Å². The molecule has 0 aliphatic heterocycles. The first kappa shape index (κ1) is 12.8. The van der Waals surface area contributed by atoms with Crippen LogP contribution >= 0.6 is 0 Å². The van der Waals surface area contributed by atoms with E-state index in [1.807, 2.05) is 4.57 Å². The molecule has 0 amide bonds. The Bertz CT molecular complexity index is 672. The first-order valence-electron chi connectivity index (χ1n) is 6.54. The fourth-order valence-corrected chi connectivity index (χ4v) is 2.33. The van der Waals surface area contributed by atoms with Crippen molar-refractivity contribution in [2.24, 2.45) is 0 Å². The van der Waals surface area contributed by atoms with Gasteiger partial charge in [0.25, 0.3) is 0 Å². The number of nitrogen functional groups attached to an aromatic ring is 1. The number of hydrogen-bond acceptors (Lipinski definition) is 2. The highest BCUT2D eigenvalue weighted by atomic mass is 19.1. The van der Waals surface area contributed by atoms with Crippen LogP contribution in [0.15, 0.2) is 30.9 Å². The van der Waals surface area contributed by atoms with Crippen LogP contribution in [0.2, 0.25) is 0 Å². The Morgan fingerprint density at radius 3 is 2.80 bits per heavy atom. The fraction of sp³-hybridized carbons (Fsp3) is 0.267. The van der Waals surface area contributed by atoms with E-state index in [9.17, 15) is 8.78 Å². The van der Waals surface area contributed by atoms with E-state index in [0.717, 1.165) is 36.9 Å². The summed E-state index contributed by atoms with van der Waals surface area (Å²) in [6, 6.07) is 3.30. The van der Waals surface area contributed by atoms with E-state index >= 15 is 0 Å². The molecule has 2 N–H and O–H groups in total. The average molecular weight is 275 g/mol. The zero-order chi connectivity index (χ0) is 14.3. The number of benzene rings is 1. The summed E-state index contributed by atoms with van der Waals surface area (Å²) in [6.07, 6.45) is 3.83. The molecule has 1 saturated carbocycles. The van der Waals surface area contributed by atoms with Crippen LogP contribution < -0.4 is 5.73 Å². The summed E-state index contributed by atoms with van der Waals surface area (Å²) >= 11 is 0. The van der Waals surface area contributed by atoms with Crippen molar-refractivity contribution in [3.05, 3.63) is 48.3 Å². The second-order valence-electron chi connectivity index (χ2n) is 5.00. The molecule has 1 aromatic carbocycles. The molecule has 0 bridgehead atoms. The number of halogens is 2. The second-order valence-corrected chi connectivity index (χ2v) is 5.00. The van der Waals surface area contributed by atoms with Gasteiger partial charge in [-0.1, -0.05) is 6.08 Å². The van der Waals surface area contributed by atoms with E-state index in [1.165, 1.54) is 0 Å². The molecule has 5 heteroatoms. The van der Waals surface area contributed by atoms with Crippen molar-refractivity contribution >= 4 is 5.82 Å². The van der Waals surface area contributed by atoms with Gasteiger partial charge in [0.05, 0.1) is 0 Å². The van der Waals surface area contributed by atoms with Crippen molar-refractivity contribution in [2.75, 3.05) is 5.73 Å². The Balaban J connectivity index is 2.16.